The summed E-state index contributed by atoms with van der Waals surface area (Å²) in [5.74, 6) is 0.364. The Kier molecular flexibility index (Phi) is 5.28. The minimum absolute atomic E-state index is 0.0702. The first-order chi connectivity index (χ1) is 12.4. The van der Waals surface area contributed by atoms with Gasteiger partial charge in [0.25, 0.3) is 10.0 Å². The zero-order chi connectivity index (χ0) is 18.7. The first kappa shape index (κ1) is 18.4. The van der Waals surface area contributed by atoms with Crippen LogP contribution in [-0.4, -0.2) is 61.5 Å². The molecule has 0 aliphatic carbocycles. The normalized spacial score (nSPS) is 15.3. The molecule has 3 rings (SSSR count). The van der Waals surface area contributed by atoms with Crippen LogP contribution in [0.25, 0.3) is 0 Å². The SMILES string of the molecule is Cc1nc(S(=O)(=O)NCC(=O)N2CCN(c3ccccc3)CC2)cn1C. The lowest BCUT2D eigenvalue weighted by atomic mass is 10.2. The quantitative estimate of drug-likeness (QED) is 0.813. The van der Waals surface area contributed by atoms with Crippen molar-refractivity contribution in [1.29, 1.82) is 0 Å². The second-order valence-corrected chi connectivity index (χ2v) is 7.98. The van der Waals surface area contributed by atoms with Crippen LogP contribution in [0.1, 0.15) is 5.82 Å². The third kappa shape index (κ3) is 4.05. The van der Waals surface area contributed by atoms with Crippen LogP contribution in [0, 0.1) is 6.92 Å². The standard InChI is InChI=1S/C17H23N5O3S/c1-14-19-16(13-20(14)2)26(24,25)18-12-17(23)22-10-8-21(9-11-22)15-6-4-3-5-7-15/h3-7,13,18H,8-12H2,1-2H3. The maximum Gasteiger partial charge on any atom is 0.260 e. The highest BCUT2D eigenvalue weighted by molar-refractivity contribution is 7.89. The summed E-state index contributed by atoms with van der Waals surface area (Å²) in [5, 5.41) is -0.0702. The van der Waals surface area contributed by atoms with Gasteiger partial charge in [-0.15, -0.1) is 0 Å². The molecule has 9 heteroatoms. The average Bonchev–Trinajstić information content (AvgIpc) is 3.00. The molecule has 1 saturated heterocycles. The molecule has 0 radical (unpaired) electrons. The lowest BCUT2D eigenvalue weighted by molar-refractivity contribution is -0.130. The summed E-state index contributed by atoms with van der Waals surface area (Å²) in [7, 11) is -2.07. The molecule has 0 bridgehead atoms. The number of carbonyl (C=O) groups is 1. The molecule has 1 aromatic heterocycles. The summed E-state index contributed by atoms with van der Waals surface area (Å²) in [6.45, 7) is 4.04. The van der Waals surface area contributed by atoms with Gasteiger partial charge in [-0.1, -0.05) is 18.2 Å². The smallest absolute Gasteiger partial charge is 0.260 e. The fourth-order valence-corrected chi connectivity index (χ4v) is 3.86. The molecule has 2 heterocycles. The Morgan fingerprint density at radius 2 is 1.81 bits per heavy atom. The van der Waals surface area contributed by atoms with Crippen molar-refractivity contribution in [3.05, 3.63) is 42.4 Å². The van der Waals surface area contributed by atoms with E-state index in [9.17, 15) is 13.2 Å². The summed E-state index contributed by atoms with van der Waals surface area (Å²) in [5.41, 5.74) is 1.13. The summed E-state index contributed by atoms with van der Waals surface area (Å²) in [6.07, 6.45) is 1.43. The number of anilines is 1. The Morgan fingerprint density at radius 3 is 2.38 bits per heavy atom. The van der Waals surface area contributed by atoms with Crippen molar-refractivity contribution in [2.24, 2.45) is 7.05 Å². The molecule has 26 heavy (non-hydrogen) atoms. The van der Waals surface area contributed by atoms with Crippen molar-refractivity contribution in [3.63, 3.8) is 0 Å². The number of piperazine rings is 1. The number of imidazole rings is 1. The predicted octanol–water partition coefficient (Wildman–Crippen LogP) is 0.356. The number of nitrogens with one attached hydrogen (secondary N) is 1. The molecule has 0 saturated carbocycles. The number of aromatic nitrogens is 2. The molecule has 1 fully saturated rings. The van der Waals surface area contributed by atoms with Gasteiger partial charge in [-0.25, -0.2) is 18.1 Å². The minimum atomic E-state index is -3.79. The van der Waals surface area contributed by atoms with Crippen LogP contribution in [0.5, 0.6) is 0 Å². The molecule has 1 aliphatic heterocycles. The predicted molar refractivity (Wildman–Crippen MR) is 98.4 cm³/mol. The molecule has 1 amide bonds. The number of sulfonamides is 1. The van der Waals surface area contributed by atoms with Crippen molar-refractivity contribution in [2.75, 3.05) is 37.6 Å². The van der Waals surface area contributed by atoms with Crippen molar-refractivity contribution < 1.29 is 13.2 Å². The third-order valence-corrected chi connectivity index (χ3v) is 5.80. The Morgan fingerprint density at radius 1 is 1.15 bits per heavy atom. The largest absolute Gasteiger partial charge is 0.368 e. The van der Waals surface area contributed by atoms with Gasteiger partial charge in [0.05, 0.1) is 6.54 Å². The molecular weight excluding hydrogens is 354 g/mol. The highest BCUT2D eigenvalue weighted by Crippen LogP contribution is 2.15. The van der Waals surface area contributed by atoms with Crippen molar-refractivity contribution >= 4 is 21.6 Å². The van der Waals surface area contributed by atoms with Gasteiger partial charge >= 0.3 is 0 Å². The summed E-state index contributed by atoms with van der Waals surface area (Å²) in [6, 6.07) is 10.0. The molecule has 0 unspecified atom stereocenters. The maximum absolute atomic E-state index is 12.3. The van der Waals surface area contributed by atoms with Crippen LogP contribution < -0.4 is 9.62 Å². The Labute approximate surface area is 153 Å². The van der Waals surface area contributed by atoms with E-state index in [2.05, 4.69) is 14.6 Å². The van der Waals surface area contributed by atoms with E-state index in [0.717, 1.165) is 18.8 Å². The molecular formula is C17H23N5O3S. The molecule has 0 spiro atoms. The first-order valence-electron chi connectivity index (χ1n) is 8.44. The van der Waals surface area contributed by atoms with Crippen molar-refractivity contribution in [2.45, 2.75) is 11.9 Å². The van der Waals surface area contributed by atoms with E-state index < -0.39 is 10.0 Å². The maximum atomic E-state index is 12.3. The van der Waals surface area contributed by atoms with Crippen LogP contribution in [0.2, 0.25) is 0 Å². The topological polar surface area (TPSA) is 87.5 Å². The van der Waals surface area contributed by atoms with E-state index in [1.165, 1.54) is 6.20 Å². The van der Waals surface area contributed by atoms with E-state index in [4.69, 9.17) is 0 Å². The number of para-hydroxylation sites is 1. The highest BCUT2D eigenvalue weighted by atomic mass is 32.2. The first-order valence-corrected chi connectivity index (χ1v) is 9.92. The number of nitrogens with zero attached hydrogens (tertiary/aromatic N) is 4. The molecule has 0 atom stereocenters. The molecule has 2 aromatic rings. The Balaban J connectivity index is 1.53. The Hall–Kier alpha value is -2.39. The molecule has 140 valence electrons. The van der Waals surface area contributed by atoms with E-state index in [1.807, 2.05) is 30.3 Å². The van der Waals surface area contributed by atoms with E-state index in [-0.39, 0.29) is 17.5 Å². The van der Waals surface area contributed by atoms with Gasteiger partial charge < -0.3 is 14.4 Å². The third-order valence-electron chi connectivity index (χ3n) is 4.53. The zero-order valence-electron chi connectivity index (χ0n) is 14.9. The van der Waals surface area contributed by atoms with Crippen molar-refractivity contribution in [3.8, 4) is 0 Å². The molecule has 8 nitrogen and oxygen atoms in total. The molecule has 1 aromatic carbocycles. The number of hydrogen-bond acceptors (Lipinski definition) is 5. The van der Waals surface area contributed by atoms with E-state index in [1.54, 1.807) is 23.4 Å². The van der Waals surface area contributed by atoms with Crippen LogP contribution >= 0.6 is 0 Å². The summed E-state index contributed by atoms with van der Waals surface area (Å²) >= 11 is 0. The number of amides is 1. The second kappa shape index (κ2) is 7.46. The molecule has 1 aliphatic rings. The fourth-order valence-electron chi connectivity index (χ4n) is 2.85. The summed E-state index contributed by atoms with van der Waals surface area (Å²) < 4.78 is 28.5. The lowest BCUT2D eigenvalue weighted by Crippen LogP contribution is -2.51. The van der Waals surface area contributed by atoms with Crippen LogP contribution in [0.4, 0.5) is 5.69 Å². The average molecular weight is 377 g/mol. The zero-order valence-corrected chi connectivity index (χ0v) is 15.7. The molecule has 1 N–H and O–H groups in total. The lowest BCUT2D eigenvalue weighted by Gasteiger charge is -2.36. The highest BCUT2D eigenvalue weighted by Gasteiger charge is 2.24. The van der Waals surface area contributed by atoms with Gasteiger partial charge in [0.15, 0.2) is 5.03 Å². The van der Waals surface area contributed by atoms with E-state index in [0.29, 0.717) is 18.9 Å². The monoisotopic (exact) mass is 377 g/mol. The van der Waals surface area contributed by atoms with Crippen LogP contribution in [0.15, 0.2) is 41.6 Å². The van der Waals surface area contributed by atoms with Gasteiger partial charge in [0.1, 0.15) is 5.82 Å². The number of aryl methyl sites for hydroxylation is 2. The van der Waals surface area contributed by atoms with Gasteiger partial charge in [-0.2, -0.15) is 0 Å². The summed E-state index contributed by atoms with van der Waals surface area (Å²) in [4.78, 5) is 20.2. The Bertz CT molecular complexity index is 852. The van der Waals surface area contributed by atoms with Gasteiger partial charge in [0.2, 0.25) is 5.91 Å². The van der Waals surface area contributed by atoms with Crippen LogP contribution in [-0.2, 0) is 21.9 Å². The fraction of sp³-hybridized carbons (Fsp3) is 0.412. The number of rotatable bonds is 5. The van der Waals surface area contributed by atoms with E-state index >= 15 is 0 Å². The minimum Gasteiger partial charge on any atom is -0.368 e. The van der Waals surface area contributed by atoms with Crippen LogP contribution in [0.3, 0.4) is 0 Å². The number of benzene rings is 1. The van der Waals surface area contributed by atoms with Gasteiger partial charge in [-0.3, -0.25) is 4.79 Å². The number of carbonyl (C=O) groups excluding carboxylic acids is 1. The van der Waals surface area contributed by atoms with Gasteiger partial charge in [0, 0.05) is 45.1 Å². The van der Waals surface area contributed by atoms with Crippen molar-refractivity contribution in [1.82, 2.24) is 19.2 Å². The number of hydrogen-bond donors (Lipinski definition) is 1. The second-order valence-electron chi connectivity index (χ2n) is 6.27. The van der Waals surface area contributed by atoms with Gasteiger partial charge in [-0.05, 0) is 19.1 Å².